The Kier molecular flexibility index (Phi) is 4.95. The number of carbonyl (C=O) groups is 1. The van der Waals surface area contributed by atoms with E-state index in [4.69, 9.17) is 0 Å². The van der Waals surface area contributed by atoms with Crippen LogP contribution in [-0.2, 0) is 6.54 Å². The van der Waals surface area contributed by atoms with E-state index in [9.17, 15) is 9.59 Å². The average molecular weight is 251 g/mol. The normalized spacial score (nSPS) is 11.1. The van der Waals surface area contributed by atoms with Crippen LogP contribution in [0.2, 0.25) is 0 Å². The van der Waals surface area contributed by atoms with E-state index < -0.39 is 0 Å². The Balaban J connectivity index is 2.49. The Morgan fingerprint density at radius 3 is 2.61 bits per heavy atom. The van der Waals surface area contributed by atoms with E-state index in [0.29, 0.717) is 6.54 Å². The standard InChI is InChI=1S/C13H21N3O2/c1-4-13(3,5-2)16-12(18)15-9-10-6-7-14-11(17)8-10/h6-8H,4-5,9H2,1-3H3,(H,14,17)(H2,15,16,18). The lowest BCUT2D eigenvalue weighted by atomic mass is 9.96. The summed E-state index contributed by atoms with van der Waals surface area (Å²) in [4.78, 5) is 25.3. The zero-order valence-corrected chi connectivity index (χ0v) is 11.2. The molecule has 0 aromatic carbocycles. The van der Waals surface area contributed by atoms with Gasteiger partial charge < -0.3 is 15.6 Å². The number of aromatic nitrogens is 1. The molecule has 0 spiro atoms. The van der Waals surface area contributed by atoms with Crippen LogP contribution in [0.25, 0.3) is 0 Å². The summed E-state index contributed by atoms with van der Waals surface area (Å²) in [5, 5.41) is 5.69. The minimum atomic E-state index is -0.207. The van der Waals surface area contributed by atoms with Crippen molar-refractivity contribution < 1.29 is 4.79 Å². The average Bonchev–Trinajstić information content (AvgIpc) is 2.36. The number of hydrogen-bond donors (Lipinski definition) is 3. The van der Waals surface area contributed by atoms with E-state index in [-0.39, 0.29) is 17.1 Å². The van der Waals surface area contributed by atoms with Gasteiger partial charge >= 0.3 is 6.03 Å². The maximum absolute atomic E-state index is 11.7. The predicted molar refractivity (Wildman–Crippen MR) is 71.4 cm³/mol. The Labute approximate surface area is 107 Å². The van der Waals surface area contributed by atoms with E-state index in [2.05, 4.69) is 15.6 Å². The number of H-pyrrole nitrogens is 1. The molecule has 3 N–H and O–H groups in total. The van der Waals surface area contributed by atoms with E-state index in [1.807, 2.05) is 20.8 Å². The van der Waals surface area contributed by atoms with E-state index >= 15 is 0 Å². The van der Waals surface area contributed by atoms with Crippen LogP contribution in [0.4, 0.5) is 4.79 Å². The molecule has 0 bridgehead atoms. The Hall–Kier alpha value is -1.78. The molecule has 5 nitrogen and oxygen atoms in total. The highest BCUT2D eigenvalue weighted by Gasteiger charge is 2.21. The van der Waals surface area contributed by atoms with Crippen LogP contribution in [0, 0.1) is 0 Å². The first kappa shape index (κ1) is 14.3. The molecule has 0 radical (unpaired) electrons. The molecule has 100 valence electrons. The molecule has 0 saturated carbocycles. The van der Waals surface area contributed by atoms with Gasteiger partial charge in [0.15, 0.2) is 0 Å². The first-order chi connectivity index (χ1) is 8.49. The molecule has 1 aromatic rings. The molecule has 0 atom stereocenters. The van der Waals surface area contributed by atoms with Crippen LogP contribution in [0.1, 0.15) is 39.2 Å². The predicted octanol–water partition coefficient (Wildman–Crippen LogP) is 1.75. The summed E-state index contributed by atoms with van der Waals surface area (Å²) in [6.45, 7) is 6.44. The van der Waals surface area contributed by atoms with Crippen LogP contribution in [0.15, 0.2) is 23.1 Å². The van der Waals surface area contributed by atoms with Gasteiger partial charge in [0.05, 0.1) is 0 Å². The highest BCUT2D eigenvalue weighted by Crippen LogP contribution is 2.12. The summed E-state index contributed by atoms with van der Waals surface area (Å²) < 4.78 is 0. The molecule has 0 unspecified atom stereocenters. The maximum atomic E-state index is 11.7. The number of rotatable bonds is 5. The zero-order valence-electron chi connectivity index (χ0n) is 11.2. The number of aromatic amines is 1. The molecular formula is C13H21N3O2. The van der Waals surface area contributed by atoms with E-state index in [1.54, 1.807) is 12.3 Å². The summed E-state index contributed by atoms with van der Waals surface area (Å²) in [6, 6.07) is 3.03. The van der Waals surface area contributed by atoms with Gasteiger partial charge in [-0.3, -0.25) is 4.79 Å². The third-order valence-corrected chi connectivity index (χ3v) is 3.27. The quantitative estimate of drug-likeness (QED) is 0.746. The molecule has 0 aliphatic heterocycles. The molecule has 5 heteroatoms. The molecule has 0 aliphatic carbocycles. The number of hydrogen-bond acceptors (Lipinski definition) is 2. The van der Waals surface area contributed by atoms with E-state index in [0.717, 1.165) is 18.4 Å². The topological polar surface area (TPSA) is 74.0 Å². The SMILES string of the molecule is CCC(C)(CC)NC(=O)NCc1cc[nH]c(=O)c1. The van der Waals surface area contributed by atoms with Gasteiger partial charge in [-0.15, -0.1) is 0 Å². The van der Waals surface area contributed by atoms with Crippen molar-refractivity contribution in [3.8, 4) is 0 Å². The highest BCUT2D eigenvalue weighted by molar-refractivity contribution is 5.74. The second-order valence-electron chi connectivity index (χ2n) is 4.64. The Morgan fingerprint density at radius 1 is 1.39 bits per heavy atom. The van der Waals surface area contributed by atoms with Gasteiger partial charge in [0.1, 0.15) is 0 Å². The molecule has 2 amide bonds. The zero-order chi connectivity index (χ0) is 13.6. The van der Waals surface area contributed by atoms with Crippen LogP contribution >= 0.6 is 0 Å². The van der Waals surface area contributed by atoms with Gasteiger partial charge in [-0.25, -0.2) is 4.79 Å². The minimum Gasteiger partial charge on any atom is -0.334 e. The third kappa shape index (κ3) is 4.24. The number of pyridine rings is 1. The second-order valence-corrected chi connectivity index (χ2v) is 4.64. The number of carbonyl (C=O) groups excluding carboxylic acids is 1. The summed E-state index contributed by atoms with van der Waals surface area (Å²) in [5.41, 5.74) is 0.434. The van der Waals surface area contributed by atoms with Crippen molar-refractivity contribution in [1.29, 1.82) is 0 Å². The lowest BCUT2D eigenvalue weighted by molar-refractivity contribution is 0.224. The first-order valence-electron chi connectivity index (χ1n) is 6.22. The largest absolute Gasteiger partial charge is 0.334 e. The third-order valence-electron chi connectivity index (χ3n) is 3.27. The van der Waals surface area contributed by atoms with Crippen molar-refractivity contribution in [3.05, 3.63) is 34.2 Å². The summed E-state index contributed by atoms with van der Waals surface area (Å²) in [6.07, 6.45) is 3.32. The fourth-order valence-corrected chi connectivity index (χ4v) is 1.53. The maximum Gasteiger partial charge on any atom is 0.315 e. The lowest BCUT2D eigenvalue weighted by Crippen LogP contribution is -2.49. The molecule has 1 heterocycles. The highest BCUT2D eigenvalue weighted by atomic mass is 16.2. The van der Waals surface area contributed by atoms with Crippen molar-refractivity contribution in [2.75, 3.05) is 0 Å². The number of amides is 2. The number of nitrogens with one attached hydrogen (secondary N) is 3. The minimum absolute atomic E-state index is 0.165. The molecule has 1 rings (SSSR count). The van der Waals surface area contributed by atoms with Crippen molar-refractivity contribution >= 4 is 6.03 Å². The molecular weight excluding hydrogens is 230 g/mol. The smallest absolute Gasteiger partial charge is 0.315 e. The monoisotopic (exact) mass is 251 g/mol. The Morgan fingerprint density at radius 2 is 2.06 bits per heavy atom. The van der Waals surface area contributed by atoms with Gasteiger partial charge in [0.2, 0.25) is 5.56 Å². The van der Waals surface area contributed by atoms with Crippen molar-refractivity contribution in [2.45, 2.75) is 45.7 Å². The fourth-order valence-electron chi connectivity index (χ4n) is 1.53. The van der Waals surface area contributed by atoms with Gasteiger partial charge in [0.25, 0.3) is 0 Å². The second kappa shape index (κ2) is 6.23. The lowest BCUT2D eigenvalue weighted by Gasteiger charge is -2.28. The molecule has 0 fully saturated rings. The van der Waals surface area contributed by atoms with Gasteiger partial charge in [-0.05, 0) is 31.4 Å². The van der Waals surface area contributed by atoms with Gasteiger partial charge in [-0.2, -0.15) is 0 Å². The van der Waals surface area contributed by atoms with Gasteiger partial charge in [-0.1, -0.05) is 13.8 Å². The van der Waals surface area contributed by atoms with Crippen LogP contribution in [-0.4, -0.2) is 16.6 Å². The van der Waals surface area contributed by atoms with Crippen LogP contribution in [0.5, 0.6) is 0 Å². The summed E-state index contributed by atoms with van der Waals surface area (Å²) >= 11 is 0. The molecule has 1 aromatic heterocycles. The van der Waals surface area contributed by atoms with E-state index in [1.165, 1.54) is 6.07 Å². The molecule has 0 aliphatic rings. The first-order valence-corrected chi connectivity index (χ1v) is 6.22. The van der Waals surface area contributed by atoms with Crippen LogP contribution in [0.3, 0.4) is 0 Å². The fraction of sp³-hybridized carbons (Fsp3) is 0.538. The van der Waals surface area contributed by atoms with Gasteiger partial charge in [0, 0.05) is 24.3 Å². The molecule has 0 saturated heterocycles. The summed E-state index contributed by atoms with van der Waals surface area (Å²) in [7, 11) is 0. The van der Waals surface area contributed by atoms with Crippen molar-refractivity contribution in [3.63, 3.8) is 0 Å². The summed E-state index contributed by atoms with van der Waals surface area (Å²) in [5.74, 6) is 0. The number of urea groups is 1. The van der Waals surface area contributed by atoms with Crippen molar-refractivity contribution in [1.82, 2.24) is 15.6 Å². The van der Waals surface area contributed by atoms with Crippen LogP contribution < -0.4 is 16.2 Å². The van der Waals surface area contributed by atoms with Crippen molar-refractivity contribution in [2.24, 2.45) is 0 Å². The Bertz CT molecular complexity index is 450. The molecule has 18 heavy (non-hydrogen) atoms.